The first kappa shape index (κ1) is 14.1. The van der Waals surface area contributed by atoms with E-state index in [1.54, 1.807) is 6.07 Å². The highest BCUT2D eigenvalue weighted by Crippen LogP contribution is 2.14. The van der Waals surface area contributed by atoms with Crippen LogP contribution in [0.4, 0.5) is 0 Å². The van der Waals surface area contributed by atoms with Gasteiger partial charge in [0.2, 0.25) is 10.0 Å². The van der Waals surface area contributed by atoms with E-state index < -0.39 is 10.0 Å². The van der Waals surface area contributed by atoms with Gasteiger partial charge in [0, 0.05) is 18.0 Å². The number of aryl methyl sites for hydroxylation is 1. The molecule has 0 fully saturated rings. The van der Waals surface area contributed by atoms with Crippen LogP contribution in [0.3, 0.4) is 0 Å². The summed E-state index contributed by atoms with van der Waals surface area (Å²) in [7, 11) is -3.13. The molecule has 7 heteroatoms. The average molecular weight is 276 g/mol. The zero-order valence-corrected chi connectivity index (χ0v) is 11.5. The van der Waals surface area contributed by atoms with Gasteiger partial charge in [-0.2, -0.15) is 0 Å². The summed E-state index contributed by atoms with van der Waals surface area (Å²) in [6.45, 7) is 2.73. The molecule has 17 heavy (non-hydrogen) atoms. The summed E-state index contributed by atoms with van der Waals surface area (Å²) in [5.74, 6) is -0.109. The van der Waals surface area contributed by atoms with Crippen molar-refractivity contribution in [2.24, 2.45) is 0 Å². The maximum Gasteiger partial charge on any atom is 0.261 e. The normalized spacial score (nSPS) is 11.4. The largest absolute Gasteiger partial charge is 0.351 e. The number of carbonyl (C=O) groups is 1. The number of sulfonamides is 1. The van der Waals surface area contributed by atoms with Crippen molar-refractivity contribution in [3.63, 3.8) is 0 Å². The molecule has 5 nitrogen and oxygen atoms in total. The van der Waals surface area contributed by atoms with Gasteiger partial charge in [-0.25, -0.2) is 13.1 Å². The van der Waals surface area contributed by atoms with Crippen molar-refractivity contribution in [2.45, 2.75) is 13.3 Å². The van der Waals surface area contributed by atoms with Gasteiger partial charge in [-0.15, -0.1) is 11.3 Å². The molecular weight excluding hydrogens is 260 g/mol. The summed E-state index contributed by atoms with van der Waals surface area (Å²) in [6, 6.07) is 3.68. The molecule has 96 valence electrons. The number of thiophene rings is 1. The molecule has 1 aromatic heterocycles. The Hall–Kier alpha value is -0.920. The molecule has 0 aromatic carbocycles. The topological polar surface area (TPSA) is 75.3 Å². The van der Waals surface area contributed by atoms with Crippen molar-refractivity contribution in [2.75, 3.05) is 19.3 Å². The average Bonchev–Trinajstić information content (AvgIpc) is 2.62. The molecule has 1 heterocycles. The van der Waals surface area contributed by atoms with Gasteiger partial charge in [0.15, 0.2) is 0 Å². The summed E-state index contributed by atoms with van der Waals surface area (Å²) < 4.78 is 23.9. The predicted octanol–water partition coefficient (Wildman–Crippen LogP) is 0.726. The quantitative estimate of drug-likeness (QED) is 0.752. The van der Waals surface area contributed by atoms with Gasteiger partial charge in [-0.3, -0.25) is 4.79 Å². The van der Waals surface area contributed by atoms with Crippen LogP contribution in [0.1, 0.15) is 21.0 Å². The molecule has 0 aliphatic carbocycles. The molecule has 1 amide bonds. The van der Waals surface area contributed by atoms with E-state index in [0.717, 1.165) is 11.1 Å². The first-order valence-corrected chi connectivity index (χ1v) is 7.88. The van der Waals surface area contributed by atoms with Crippen LogP contribution in [-0.2, 0) is 10.0 Å². The van der Waals surface area contributed by atoms with E-state index in [4.69, 9.17) is 0 Å². The van der Waals surface area contributed by atoms with E-state index in [2.05, 4.69) is 10.0 Å². The monoisotopic (exact) mass is 276 g/mol. The second kappa shape index (κ2) is 6.13. The lowest BCUT2D eigenvalue weighted by molar-refractivity contribution is 0.0957. The number of carbonyl (C=O) groups excluding carboxylic acids is 1. The van der Waals surface area contributed by atoms with Crippen molar-refractivity contribution < 1.29 is 13.2 Å². The fraction of sp³-hybridized carbons (Fsp3) is 0.500. The Labute approximate surface area is 105 Å². The SMILES string of the molecule is Cc1ccc(C(=O)NCCCNS(C)(=O)=O)s1. The Morgan fingerprint density at radius 1 is 1.35 bits per heavy atom. The second-order valence-electron chi connectivity index (χ2n) is 3.69. The van der Waals surface area contributed by atoms with Gasteiger partial charge < -0.3 is 5.32 Å². The maximum atomic E-state index is 11.6. The Morgan fingerprint density at radius 3 is 2.59 bits per heavy atom. The van der Waals surface area contributed by atoms with Gasteiger partial charge in [0.05, 0.1) is 11.1 Å². The van der Waals surface area contributed by atoms with Gasteiger partial charge >= 0.3 is 0 Å². The smallest absolute Gasteiger partial charge is 0.261 e. The van der Waals surface area contributed by atoms with E-state index >= 15 is 0 Å². The van der Waals surface area contributed by atoms with E-state index in [1.807, 2.05) is 13.0 Å². The number of rotatable bonds is 6. The number of nitrogens with one attached hydrogen (secondary N) is 2. The minimum absolute atomic E-state index is 0.109. The second-order valence-corrected chi connectivity index (χ2v) is 6.81. The van der Waals surface area contributed by atoms with Crippen molar-refractivity contribution in [1.82, 2.24) is 10.0 Å². The fourth-order valence-corrected chi connectivity index (χ4v) is 2.49. The van der Waals surface area contributed by atoms with E-state index in [-0.39, 0.29) is 5.91 Å². The molecule has 0 saturated heterocycles. The lowest BCUT2D eigenvalue weighted by atomic mass is 10.4. The minimum Gasteiger partial charge on any atom is -0.351 e. The summed E-state index contributed by atoms with van der Waals surface area (Å²) in [4.78, 5) is 13.3. The molecule has 0 unspecified atom stereocenters. The zero-order valence-electron chi connectivity index (χ0n) is 9.82. The van der Waals surface area contributed by atoms with Gasteiger partial charge in [-0.05, 0) is 25.5 Å². The fourth-order valence-electron chi connectivity index (χ4n) is 1.19. The Kier molecular flexibility index (Phi) is 5.10. The van der Waals surface area contributed by atoms with Crippen LogP contribution in [0.25, 0.3) is 0 Å². The first-order valence-electron chi connectivity index (χ1n) is 5.18. The van der Waals surface area contributed by atoms with Gasteiger partial charge in [0.25, 0.3) is 5.91 Å². The van der Waals surface area contributed by atoms with E-state index in [9.17, 15) is 13.2 Å². The summed E-state index contributed by atoms with van der Waals surface area (Å²) in [5, 5.41) is 2.74. The lowest BCUT2D eigenvalue weighted by Crippen LogP contribution is -2.28. The molecule has 0 radical (unpaired) electrons. The van der Waals surface area contributed by atoms with Crippen LogP contribution in [0, 0.1) is 6.92 Å². The summed E-state index contributed by atoms with van der Waals surface area (Å²) in [6.07, 6.45) is 1.68. The molecule has 0 atom stereocenters. The molecule has 0 spiro atoms. The van der Waals surface area contributed by atoms with E-state index in [0.29, 0.717) is 24.4 Å². The Morgan fingerprint density at radius 2 is 2.06 bits per heavy atom. The van der Waals surface area contributed by atoms with Crippen molar-refractivity contribution in [3.8, 4) is 0 Å². The molecule has 0 aliphatic rings. The van der Waals surface area contributed by atoms with Crippen LogP contribution < -0.4 is 10.0 Å². The zero-order chi connectivity index (χ0) is 12.9. The van der Waals surface area contributed by atoms with Crippen LogP contribution in [-0.4, -0.2) is 33.7 Å². The van der Waals surface area contributed by atoms with Crippen LogP contribution >= 0.6 is 11.3 Å². The molecule has 0 bridgehead atoms. The van der Waals surface area contributed by atoms with Gasteiger partial charge in [-0.1, -0.05) is 0 Å². The highest BCUT2D eigenvalue weighted by atomic mass is 32.2. The molecule has 0 saturated carbocycles. The van der Waals surface area contributed by atoms with Gasteiger partial charge in [0.1, 0.15) is 0 Å². The summed E-state index contributed by atoms with van der Waals surface area (Å²) in [5.41, 5.74) is 0. The number of hydrogen-bond donors (Lipinski definition) is 2. The minimum atomic E-state index is -3.13. The summed E-state index contributed by atoms with van der Waals surface area (Å²) >= 11 is 1.44. The maximum absolute atomic E-state index is 11.6. The van der Waals surface area contributed by atoms with Crippen LogP contribution in [0.15, 0.2) is 12.1 Å². The standard InChI is InChI=1S/C10H16N2O3S2/c1-8-4-5-9(16-8)10(13)11-6-3-7-12-17(2,14)15/h4-5,12H,3,6-7H2,1-2H3,(H,11,13). The van der Waals surface area contributed by atoms with E-state index in [1.165, 1.54) is 11.3 Å². The third kappa shape index (κ3) is 5.81. The predicted molar refractivity (Wildman–Crippen MR) is 68.9 cm³/mol. The van der Waals surface area contributed by atoms with Crippen molar-refractivity contribution in [1.29, 1.82) is 0 Å². The molecule has 1 aromatic rings. The molecule has 0 aliphatic heterocycles. The number of amides is 1. The molecular formula is C10H16N2O3S2. The Balaban J connectivity index is 2.21. The molecule has 2 N–H and O–H groups in total. The van der Waals surface area contributed by atoms with Crippen LogP contribution in [0.2, 0.25) is 0 Å². The molecule has 1 rings (SSSR count). The highest BCUT2D eigenvalue weighted by Gasteiger charge is 2.06. The lowest BCUT2D eigenvalue weighted by Gasteiger charge is -2.04. The number of hydrogen-bond acceptors (Lipinski definition) is 4. The third-order valence-corrected chi connectivity index (χ3v) is 3.70. The third-order valence-electron chi connectivity index (χ3n) is 1.97. The van der Waals surface area contributed by atoms with Crippen molar-refractivity contribution >= 4 is 27.3 Å². The highest BCUT2D eigenvalue weighted by molar-refractivity contribution is 7.88. The first-order chi connectivity index (χ1) is 7.88. The Bertz CT molecular complexity index is 479. The van der Waals surface area contributed by atoms with Crippen LogP contribution in [0.5, 0.6) is 0 Å². The van der Waals surface area contributed by atoms with Crippen molar-refractivity contribution in [3.05, 3.63) is 21.9 Å².